The van der Waals surface area contributed by atoms with Crippen LogP contribution < -0.4 is 19.5 Å². The lowest BCUT2D eigenvalue weighted by atomic mass is 10.2. The van der Waals surface area contributed by atoms with Gasteiger partial charge in [0.05, 0.1) is 6.61 Å². The molecule has 29 heavy (non-hydrogen) atoms. The Balaban J connectivity index is 1.47. The smallest absolute Gasteiger partial charge is 0.124 e. The molecule has 0 aliphatic carbocycles. The second-order valence-electron chi connectivity index (χ2n) is 6.70. The van der Waals surface area contributed by atoms with E-state index in [1.54, 1.807) is 0 Å². The molecule has 0 aliphatic heterocycles. The fraction of sp³-hybridized carbons (Fsp3) is 0.280. The lowest BCUT2D eigenvalue weighted by Gasteiger charge is -2.13. The van der Waals surface area contributed by atoms with Crippen LogP contribution in [-0.2, 0) is 6.54 Å². The van der Waals surface area contributed by atoms with E-state index in [9.17, 15) is 0 Å². The molecule has 0 radical (unpaired) electrons. The predicted molar refractivity (Wildman–Crippen MR) is 118 cm³/mol. The summed E-state index contributed by atoms with van der Waals surface area (Å²) in [6.45, 7) is 4.61. The molecular formula is C25H29NO3. The molecule has 0 aromatic heterocycles. The van der Waals surface area contributed by atoms with Gasteiger partial charge in [-0.3, -0.25) is 0 Å². The first-order chi connectivity index (χ1) is 14.3. The van der Waals surface area contributed by atoms with Crippen LogP contribution in [0, 0.1) is 0 Å². The van der Waals surface area contributed by atoms with Gasteiger partial charge in [-0.05, 0) is 36.8 Å². The Labute approximate surface area is 173 Å². The quantitative estimate of drug-likeness (QED) is 0.388. The Morgan fingerprint density at radius 3 is 2.24 bits per heavy atom. The molecule has 0 spiro atoms. The predicted octanol–water partition coefficient (Wildman–Crippen LogP) is 5.94. The van der Waals surface area contributed by atoms with Gasteiger partial charge >= 0.3 is 0 Å². The number of unbranched alkanes of at least 4 members (excludes halogenated alkanes) is 1. The lowest BCUT2D eigenvalue weighted by molar-refractivity contribution is 0.217. The normalized spacial score (nSPS) is 10.4. The van der Waals surface area contributed by atoms with Gasteiger partial charge in [0.15, 0.2) is 0 Å². The Morgan fingerprint density at radius 2 is 1.41 bits per heavy atom. The summed E-state index contributed by atoms with van der Waals surface area (Å²) < 4.78 is 17.4. The number of ether oxygens (including phenoxy) is 3. The van der Waals surface area contributed by atoms with E-state index in [2.05, 4.69) is 18.3 Å². The van der Waals surface area contributed by atoms with E-state index in [4.69, 9.17) is 14.2 Å². The van der Waals surface area contributed by atoms with Crippen molar-refractivity contribution in [1.29, 1.82) is 0 Å². The van der Waals surface area contributed by atoms with Crippen LogP contribution in [0.3, 0.4) is 0 Å². The van der Waals surface area contributed by atoms with Crippen LogP contribution in [-0.4, -0.2) is 19.8 Å². The van der Waals surface area contributed by atoms with Crippen LogP contribution in [0.25, 0.3) is 0 Å². The molecular weight excluding hydrogens is 362 g/mol. The second kappa shape index (κ2) is 11.6. The monoisotopic (exact) mass is 391 g/mol. The van der Waals surface area contributed by atoms with Crippen molar-refractivity contribution in [1.82, 2.24) is 0 Å². The molecule has 0 amide bonds. The van der Waals surface area contributed by atoms with Crippen LogP contribution in [0.4, 0.5) is 5.69 Å². The fourth-order valence-electron chi connectivity index (χ4n) is 2.85. The Bertz CT molecular complexity index is 851. The third-order valence-corrected chi connectivity index (χ3v) is 4.41. The van der Waals surface area contributed by atoms with Gasteiger partial charge < -0.3 is 19.5 Å². The lowest BCUT2D eigenvalue weighted by Crippen LogP contribution is -2.09. The molecule has 3 aromatic rings. The molecule has 0 atom stereocenters. The summed E-state index contributed by atoms with van der Waals surface area (Å²) in [5, 5.41) is 3.46. The molecule has 0 saturated heterocycles. The van der Waals surface area contributed by atoms with Crippen molar-refractivity contribution in [2.45, 2.75) is 26.3 Å². The summed E-state index contributed by atoms with van der Waals surface area (Å²) in [6, 6.07) is 25.9. The van der Waals surface area contributed by atoms with Gasteiger partial charge in [-0.15, -0.1) is 0 Å². The summed E-state index contributed by atoms with van der Waals surface area (Å²) in [6.07, 6.45) is 2.19. The van der Waals surface area contributed by atoms with Gasteiger partial charge in [-0.25, -0.2) is 0 Å². The molecule has 1 N–H and O–H groups in total. The van der Waals surface area contributed by atoms with Crippen molar-refractivity contribution in [3.8, 4) is 17.2 Å². The summed E-state index contributed by atoms with van der Waals surface area (Å²) >= 11 is 0. The highest BCUT2D eigenvalue weighted by molar-refractivity contribution is 5.49. The first-order valence-electron chi connectivity index (χ1n) is 10.2. The molecule has 3 aromatic carbocycles. The third-order valence-electron chi connectivity index (χ3n) is 4.41. The van der Waals surface area contributed by atoms with Gasteiger partial charge in [0.2, 0.25) is 0 Å². The number of hydrogen-bond donors (Lipinski definition) is 1. The first kappa shape index (κ1) is 20.6. The summed E-state index contributed by atoms with van der Waals surface area (Å²) in [4.78, 5) is 0. The zero-order valence-corrected chi connectivity index (χ0v) is 17.0. The first-order valence-corrected chi connectivity index (χ1v) is 10.2. The highest BCUT2D eigenvalue weighted by atomic mass is 16.5. The minimum absolute atomic E-state index is 0.493. The van der Waals surface area contributed by atoms with Crippen molar-refractivity contribution in [2.24, 2.45) is 0 Å². The van der Waals surface area contributed by atoms with Crippen LogP contribution in [0.15, 0.2) is 78.9 Å². The number of hydrogen-bond acceptors (Lipinski definition) is 4. The largest absolute Gasteiger partial charge is 0.493 e. The van der Waals surface area contributed by atoms with Gasteiger partial charge in [0, 0.05) is 23.9 Å². The van der Waals surface area contributed by atoms with E-state index in [1.807, 2.05) is 72.8 Å². The molecule has 4 nitrogen and oxygen atoms in total. The molecule has 0 fully saturated rings. The summed E-state index contributed by atoms with van der Waals surface area (Å²) in [7, 11) is 0. The molecule has 3 rings (SSSR count). The average Bonchev–Trinajstić information content (AvgIpc) is 2.77. The van der Waals surface area contributed by atoms with E-state index in [1.165, 1.54) is 0 Å². The maximum atomic E-state index is 5.91. The molecule has 0 saturated carbocycles. The van der Waals surface area contributed by atoms with Crippen LogP contribution >= 0.6 is 0 Å². The topological polar surface area (TPSA) is 39.7 Å². The molecule has 4 heteroatoms. The van der Waals surface area contributed by atoms with E-state index in [0.717, 1.165) is 47.9 Å². The average molecular weight is 392 g/mol. The second-order valence-corrected chi connectivity index (χ2v) is 6.70. The zero-order chi connectivity index (χ0) is 20.2. The molecule has 0 unspecified atom stereocenters. The summed E-state index contributed by atoms with van der Waals surface area (Å²) in [5.41, 5.74) is 2.15. The van der Waals surface area contributed by atoms with Crippen LogP contribution in [0.2, 0.25) is 0 Å². The SMILES string of the molecule is CCCCOc1ccccc1CNc1cccc(OCCOc2ccccc2)c1. The third kappa shape index (κ3) is 7.07. The number of anilines is 1. The zero-order valence-electron chi connectivity index (χ0n) is 17.0. The van der Waals surface area contributed by atoms with Crippen LogP contribution in [0.1, 0.15) is 25.3 Å². The minimum atomic E-state index is 0.493. The highest BCUT2D eigenvalue weighted by Gasteiger charge is 2.04. The van der Waals surface area contributed by atoms with Gasteiger partial charge in [0.25, 0.3) is 0 Å². The molecule has 0 bridgehead atoms. The Hall–Kier alpha value is -3.14. The minimum Gasteiger partial charge on any atom is -0.493 e. The molecule has 152 valence electrons. The van der Waals surface area contributed by atoms with Crippen molar-refractivity contribution < 1.29 is 14.2 Å². The van der Waals surface area contributed by atoms with E-state index < -0.39 is 0 Å². The molecule has 0 aliphatic rings. The Morgan fingerprint density at radius 1 is 0.690 bits per heavy atom. The fourth-order valence-corrected chi connectivity index (χ4v) is 2.85. The number of benzene rings is 3. The number of nitrogens with one attached hydrogen (secondary N) is 1. The van der Waals surface area contributed by atoms with E-state index in [-0.39, 0.29) is 0 Å². The van der Waals surface area contributed by atoms with Gasteiger partial charge in [0.1, 0.15) is 30.5 Å². The van der Waals surface area contributed by atoms with Crippen molar-refractivity contribution in [3.05, 3.63) is 84.4 Å². The van der Waals surface area contributed by atoms with Gasteiger partial charge in [-0.2, -0.15) is 0 Å². The summed E-state index contributed by atoms with van der Waals surface area (Å²) in [5.74, 6) is 2.62. The standard InChI is InChI=1S/C25H29NO3/c1-2-3-16-29-25-15-8-7-10-21(25)20-26-22-11-9-14-24(19-22)28-18-17-27-23-12-5-4-6-13-23/h4-15,19,26H,2-3,16-18,20H2,1H3. The Kier molecular flexibility index (Phi) is 8.27. The maximum Gasteiger partial charge on any atom is 0.124 e. The number of para-hydroxylation sites is 2. The molecule has 0 heterocycles. The van der Waals surface area contributed by atoms with Crippen molar-refractivity contribution in [2.75, 3.05) is 25.1 Å². The van der Waals surface area contributed by atoms with E-state index in [0.29, 0.717) is 19.8 Å². The van der Waals surface area contributed by atoms with Crippen LogP contribution in [0.5, 0.6) is 17.2 Å². The van der Waals surface area contributed by atoms with E-state index >= 15 is 0 Å². The van der Waals surface area contributed by atoms with Crippen molar-refractivity contribution in [3.63, 3.8) is 0 Å². The maximum absolute atomic E-state index is 5.91. The van der Waals surface area contributed by atoms with Crippen molar-refractivity contribution >= 4 is 5.69 Å². The highest BCUT2D eigenvalue weighted by Crippen LogP contribution is 2.22. The number of rotatable bonds is 12. The van der Waals surface area contributed by atoms with Gasteiger partial charge in [-0.1, -0.05) is 55.8 Å².